The van der Waals surface area contributed by atoms with Crippen molar-refractivity contribution in [2.24, 2.45) is 5.92 Å². The summed E-state index contributed by atoms with van der Waals surface area (Å²) in [4.78, 5) is 8.37. The SMILES string of the molecule is C1=C(C2CCNCC2)c2cc(Nc3ccc4c5c([nH]c4n3)CCC5)ccc2C1. The number of piperidine rings is 1. The minimum Gasteiger partial charge on any atom is -0.343 e. The van der Waals surface area contributed by atoms with E-state index in [2.05, 4.69) is 52.0 Å². The van der Waals surface area contributed by atoms with Gasteiger partial charge in [-0.3, -0.25) is 0 Å². The summed E-state index contributed by atoms with van der Waals surface area (Å²) in [5.74, 6) is 1.62. The van der Waals surface area contributed by atoms with Gasteiger partial charge in [-0.05, 0) is 104 Å². The maximum absolute atomic E-state index is 4.85. The van der Waals surface area contributed by atoms with E-state index in [4.69, 9.17) is 4.98 Å². The van der Waals surface area contributed by atoms with E-state index in [0.29, 0.717) is 5.92 Å². The fourth-order valence-electron chi connectivity index (χ4n) is 5.29. The first kappa shape index (κ1) is 16.4. The number of aromatic nitrogens is 2. The summed E-state index contributed by atoms with van der Waals surface area (Å²) in [6.45, 7) is 2.28. The molecule has 6 rings (SSSR count). The maximum Gasteiger partial charge on any atom is 0.140 e. The monoisotopic (exact) mass is 370 g/mol. The van der Waals surface area contributed by atoms with Crippen LogP contribution in [0.5, 0.6) is 0 Å². The number of rotatable bonds is 3. The predicted octanol–water partition coefficient (Wildman–Crippen LogP) is 4.73. The van der Waals surface area contributed by atoms with Gasteiger partial charge in [-0.15, -0.1) is 0 Å². The van der Waals surface area contributed by atoms with E-state index in [1.54, 1.807) is 5.57 Å². The molecule has 0 unspecified atom stereocenters. The Hall–Kier alpha value is -2.59. The Morgan fingerprint density at radius 2 is 1.96 bits per heavy atom. The summed E-state index contributed by atoms with van der Waals surface area (Å²) in [6, 6.07) is 11.1. The third kappa shape index (κ3) is 2.67. The summed E-state index contributed by atoms with van der Waals surface area (Å²) in [6.07, 6.45) is 9.63. The third-order valence-corrected chi connectivity index (χ3v) is 6.72. The number of benzene rings is 1. The van der Waals surface area contributed by atoms with Crippen LogP contribution >= 0.6 is 0 Å². The lowest BCUT2D eigenvalue weighted by molar-refractivity contribution is 0.447. The van der Waals surface area contributed by atoms with Crippen molar-refractivity contribution in [3.8, 4) is 0 Å². The molecule has 3 N–H and O–H groups in total. The number of allylic oxidation sites excluding steroid dienone is 2. The Morgan fingerprint density at radius 1 is 1.04 bits per heavy atom. The molecule has 3 heterocycles. The highest BCUT2D eigenvalue weighted by Gasteiger charge is 2.24. The van der Waals surface area contributed by atoms with Crippen molar-refractivity contribution >= 4 is 28.1 Å². The van der Waals surface area contributed by atoms with Gasteiger partial charge in [0.1, 0.15) is 11.5 Å². The highest BCUT2D eigenvalue weighted by atomic mass is 15.0. The number of aromatic amines is 1. The van der Waals surface area contributed by atoms with E-state index in [9.17, 15) is 0 Å². The van der Waals surface area contributed by atoms with E-state index in [0.717, 1.165) is 43.1 Å². The molecule has 0 saturated carbocycles. The number of nitrogens with one attached hydrogen (secondary N) is 3. The second kappa shape index (κ2) is 6.49. The molecule has 2 aliphatic carbocycles. The second-order valence-corrected chi connectivity index (χ2v) is 8.41. The van der Waals surface area contributed by atoms with Gasteiger partial charge in [0.2, 0.25) is 0 Å². The zero-order chi connectivity index (χ0) is 18.5. The predicted molar refractivity (Wildman–Crippen MR) is 115 cm³/mol. The van der Waals surface area contributed by atoms with Crippen LogP contribution in [0.2, 0.25) is 0 Å². The Bertz CT molecular complexity index is 1090. The number of fused-ring (bicyclic) bond motifs is 4. The Kier molecular flexibility index (Phi) is 3.79. The van der Waals surface area contributed by atoms with Gasteiger partial charge in [0.15, 0.2) is 0 Å². The molecule has 142 valence electrons. The lowest BCUT2D eigenvalue weighted by Gasteiger charge is -2.25. The van der Waals surface area contributed by atoms with Gasteiger partial charge in [-0.25, -0.2) is 4.98 Å². The van der Waals surface area contributed by atoms with Crippen molar-refractivity contribution in [1.29, 1.82) is 0 Å². The minimum absolute atomic E-state index is 0.702. The molecule has 2 aromatic heterocycles. The molecule has 0 spiro atoms. The van der Waals surface area contributed by atoms with E-state index < -0.39 is 0 Å². The second-order valence-electron chi connectivity index (χ2n) is 8.41. The van der Waals surface area contributed by atoms with Crippen molar-refractivity contribution in [3.05, 3.63) is 58.8 Å². The number of aryl methyl sites for hydroxylation is 2. The Balaban J connectivity index is 1.28. The van der Waals surface area contributed by atoms with E-state index in [1.807, 2.05) is 0 Å². The lowest BCUT2D eigenvalue weighted by Crippen LogP contribution is -2.28. The van der Waals surface area contributed by atoms with E-state index >= 15 is 0 Å². The summed E-state index contributed by atoms with van der Waals surface area (Å²) in [5.41, 5.74) is 9.47. The highest BCUT2D eigenvalue weighted by Crippen LogP contribution is 2.38. The zero-order valence-electron chi connectivity index (χ0n) is 16.1. The number of nitrogens with zero attached hydrogens (tertiary/aromatic N) is 1. The van der Waals surface area contributed by atoms with Gasteiger partial charge in [0.25, 0.3) is 0 Å². The van der Waals surface area contributed by atoms with Crippen LogP contribution in [0.3, 0.4) is 0 Å². The molecular formula is C24H26N4. The van der Waals surface area contributed by atoms with Crippen LogP contribution in [-0.4, -0.2) is 23.1 Å². The first-order chi connectivity index (χ1) is 13.8. The molecule has 28 heavy (non-hydrogen) atoms. The molecule has 1 aromatic carbocycles. The standard InChI is InChI=1S/C24H26N4/c1-2-19-20-8-9-23(28-24(20)27-22(19)3-1)26-17-6-4-15-5-7-18(21(15)14-17)16-10-12-25-13-11-16/h4,6-9,14,16,25H,1-3,5,10-13H2,(H2,26,27,28). The third-order valence-electron chi connectivity index (χ3n) is 6.72. The molecule has 4 nitrogen and oxygen atoms in total. The van der Waals surface area contributed by atoms with E-state index in [1.165, 1.54) is 53.5 Å². The maximum atomic E-state index is 4.85. The number of hydrogen-bond donors (Lipinski definition) is 3. The summed E-state index contributed by atoms with van der Waals surface area (Å²) in [7, 11) is 0. The molecule has 0 atom stereocenters. The Morgan fingerprint density at radius 3 is 2.89 bits per heavy atom. The van der Waals surface area contributed by atoms with E-state index in [-0.39, 0.29) is 0 Å². The first-order valence-corrected chi connectivity index (χ1v) is 10.7. The molecule has 4 heteroatoms. The molecule has 3 aromatic rings. The van der Waals surface area contributed by atoms with Crippen molar-refractivity contribution < 1.29 is 0 Å². The van der Waals surface area contributed by atoms with Crippen molar-refractivity contribution in [1.82, 2.24) is 15.3 Å². The summed E-state index contributed by atoms with van der Waals surface area (Å²) in [5, 5.41) is 8.32. The van der Waals surface area contributed by atoms with Gasteiger partial charge in [0.05, 0.1) is 0 Å². The van der Waals surface area contributed by atoms with Crippen molar-refractivity contribution in [2.75, 3.05) is 18.4 Å². The molecule has 1 saturated heterocycles. The largest absolute Gasteiger partial charge is 0.343 e. The van der Waals surface area contributed by atoms with Crippen LogP contribution in [0.25, 0.3) is 16.6 Å². The molecule has 0 radical (unpaired) electrons. The average Bonchev–Trinajstić information content (AvgIpc) is 3.42. The van der Waals surface area contributed by atoms with Gasteiger partial charge in [-0.1, -0.05) is 12.1 Å². The summed E-state index contributed by atoms with van der Waals surface area (Å²) >= 11 is 0. The van der Waals surface area contributed by atoms with Crippen molar-refractivity contribution in [3.63, 3.8) is 0 Å². The van der Waals surface area contributed by atoms with Crippen LogP contribution in [0, 0.1) is 5.92 Å². The first-order valence-electron chi connectivity index (χ1n) is 10.7. The smallest absolute Gasteiger partial charge is 0.140 e. The summed E-state index contributed by atoms with van der Waals surface area (Å²) < 4.78 is 0. The highest BCUT2D eigenvalue weighted by molar-refractivity contribution is 5.84. The van der Waals surface area contributed by atoms with Crippen molar-refractivity contribution in [2.45, 2.75) is 38.5 Å². The van der Waals surface area contributed by atoms with Gasteiger partial charge < -0.3 is 15.6 Å². The Labute approximate surface area is 165 Å². The molecule has 0 bridgehead atoms. The van der Waals surface area contributed by atoms with Crippen LogP contribution in [0.4, 0.5) is 11.5 Å². The fourth-order valence-corrected chi connectivity index (χ4v) is 5.29. The van der Waals surface area contributed by atoms with Gasteiger partial charge in [0, 0.05) is 16.8 Å². The van der Waals surface area contributed by atoms with Crippen LogP contribution in [0.15, 0.2) is 36.4 Å². The topological polar surface area (TPSA) is 52.7 Å². The number of pyridine rings is 1. The normalized spacial score (nSPS) is 18.9. The number of H-pyrrole nitrogens is 1. The minimum atomic E-state index is 0.702. The van der Waals surface area contributed by atoms with Crippen LogP contribution < -0.4 is 10.6 Å². The zero-order valence-corrected chi connectivity index (χ0v) is 16.1. The van der Waals surface area contributed by atoms with Crippen LogP contribution in [-0.2, 0) is 19.3 Å². The molecule has 3 aliphatic rings. The molecule has 1 fully saturated rings. The van der Waals surface area contributed by atoms with Crippen LogP contribution in [0.1, 0.15) is 41.6 Å². The quantitative estimate of drug-likeness (QED) is 0.624. The average molecular weight is 371 g/mol. The fraction of sp³-hybridized carbons (Fsp3) is 0.375. The molecule has 1 aliphatic heterocycles. The molecule has 0 amide bonds. The van der Waals surface area contributed by atoms with Gasteiger partial charge in [-0.2, -0.15) is 0 Å². The number of anilines is 2. The lowest BCUT2D eigenvalue weighted by atomic mass is 9.86. The van der Waals surface area contributed by atoms with Gasteiger partial charge >= 0.3 is 0 Å². The molecular weight excluding hydrogens is 344 g/mol. The number of hydrogen-bond acceptors (Lipinski definition) is 3.